The largest absolute Gasteiger partial charge is 0.478 e. The Balaban J connectivity index is 1.84. The van der Waals surface area contributed by atoms with Gasteiger partial charge < -0.3 is 15.3 Å². The second kappa shape index (κ2) is 7.41. The Morgan fingerprint density at radius 1 is 1.52 bits per heavy atom. The molecule has 0 spiro atoms. The molecule has 0 aromatic carbocycles. The number of aromatic nitrogens is 1. The third-order valence-corrected chi connectivity index (χ3v) is 4.23. The van der Waals surface area contributed by atoms with Crippen molar-refractivity contribution in [3.8, 4) is 0 Å². The summed E-state index contributed by atoms with van der Waals surface area (Å²) >= 11 is 0. The Morgan fingerprint density at radius 3 is 3.05 bits per heavy atom. The highest BCUT2D eigenvalue weighted by Crippen LogP contribution is 2.18. The summed E-state index contributed by atoms with van der Waals surface area (Å²) in [7, 11) is 0. The Kier molecular flexibility index (Phi) is 5.56. The Labute approximate surface area is 126 Å². The maximum absolute atomic E-state index is 11.3. The molecule has 1 aromatic heterocycles. The number of rotatable bonds is 6. The number of nitrogens with one attached hydrogen (secondary N) is 1. The number of hydrogen-bond donors (Lipinski definition) is 2. The highest BCUT2D eigenvalue weighted by Gasteiger charge is 2.17. The van der Waals surface area contributed by atoms with Gasteiger partial charge in [-0.05, 0) is 51.3 Å². The number of hydrogen-bond acceptors (Lipinski definition) is 4. The van der Waals surface area contributed by atoms with Crippen LogP contribution in [-0.4, -0.2) is 46.6 Å². The van der Waals surface area contributed by atoms with Crippen LogP contribution in [0.1, 0.15) is 48.5 Å². The van der Waals surface area contributed by atoms with Gasteiger partial charge in [0.05, 0.1) is 0 Å². The van der Waals surface area contributed by atoms with E-state index < -0.39 is 5.97 Å². The predicted octanol–water partition coefficient (Wildman–Crippen LogP) is 2.76. The fraction of sp³-hybridized carbons (Fsp3) is 0.625. The fourth-order valence-corrected chi connectivity index (χ4v) is 2.94. The number of nitrogens with zero attached hydrogens (tertiary/aromatic N) is 2. The van der Waals surface area contributed by atoms with E-state index in [1.165, 1.54) is 25.8 Å². The molecule has 1 aromatic rings. The van der Waals surface area contributed by atoms with Gasteiger partial charge in [0.15, 0.2) is 0 Å². The van der Waals surface area contributed by atoms with Gasteiger partial charge in [0, 0.05) is 25.3 Å². The first-order chi connectivity index (χ1) is 10.1. The van der Waals surface area contributed by atoms with Gasteiger partial charge in [0.1, 0.15) is 11.4 Å². The molecule has 1 aliphatic rings. The van der Waals surface area contributed by atoms with Crippen molar-refractivity contribution in [1.29, 1.82) is 0 Å². The van der Waals surface area contributed by atoms with Crippen LogP contribution in [0.25, 0.3) is 0 Å². The number of carbonyl (C=O) groups is 1. The monoisotopic (exact) mass is 291 g/mol. The van der Waals surface area contributed by atoms with Gasteiger partial charge in [0.2, 0.25) is 0 Å². The number of likely N-dealkylation sites (tertiary alicyclic amines) is 1. The number of carboxylic acid groups (broad SMARTS) is 1. The van der Waals surface area contributed by atoms with Crippen LogP contribution in [0.5, 0.6) is 0 Å². The molecule has 1 unspecified atom stereocenters. The van der Waals surface area contributed by atoms with Gasteiger partial charge in [-0.1, -0.05) is 6.42 Å². The molecule has 1 fully saturated rings. The van der Waals surface area contributed by atoms with Crippen molar-refractivity contribution < 1.29 is 9.90 Å². The standard InChI is InChI=1S/C16H25N3O2/c1-12-7-9-18-15(14(12)16(20)21)17-8-5-11-19-10-4-3-6-13(19)2/h7,9,13H,3-6,8,10-11H2,1-2H3,(H,17,18)(H,20,21). The zero-order valence-corrected chi connectivity index (χ0v) is 12.9. The van der Waals surface area contributed by atoms with Crippen molar-refractivity contribution in [2.45, 2.75) is 45.6 Å². The Hall–Kier alpha value is -1.62. The Morgan fingerprint density at radius 2 is 2.33 bits per heavy atom. The average Bonchev–Trinajstić information content (AvgIpc) is 2.45. The molecule has 1 atom stereocenters. The molecule has 0 bridgehead atoms. The summed E-state index contributed by atoms with van der Waals surface area (Å²) in [6.07, 6.45) is 6.57. The van der Waals surface area contributed by atoms with Gasteiger partial charge in [0.25, 0.3) is 0 Å². The molecule has 0 aliphatic carbocycles. The quantitative estimate of drug-likeness (QED) is 0.789. The van der Waals surface area contributed by atoms with Crippen molar-refractivity contribution in [3.05, 3.63) is 23.4 Å². The molecule has 0 amide bonds. The summed E-state index contributed by atoms with van der Waals surface area (Å²) in [5, 5.41) is 12.4. The highest BCUT2D eigenvalue weighted by molar-refractivity contribution is 5.94. The van der Waals surface area contributed by atoms with Crippen LogP contribution < -0.4 is 5.32 Å². The molecule has 116 valence electrons. The minimum atomic E-state index is -0.923. The van der Waals surface area contributed by atoms with Gasteiger partial charge in [-0.2, -0.15) is 0 Å². The summed E-state index contributed by atoms with van der Waals surface area (Å²) in [6.45, 7) is 7.08. The van der Waals surface area contributed by atoms with E-state index in [1.807, 2.05) is 0 Å². The minimum absolute atomic E-state index is 0.281. The van der Waals surface area contributed by atoms with Gasteiger partial charge in [-0.25, -0.2) is 9.78 Å². The molecule has 2 rings (SSSR count). The number of pyridine rings is 1. The van der Waals surface area contributed by atoms with Crippen molar-refractivity contribution in [3.63, 3.8) is 0 Å². The molecule has 2 heterocycles. The lowest BCUT2D eigenvalue weighted by atomic mass is 10.0. The van der Waals surface area contributed by atoms with Crippen molar-refractivity contribution in [1.82, 2.24) is 9.88 Å². The number of piperidine rings is 1. The molecule has 1 aliphatic heterocycles. The van der Waals surface area contributed by atoms with Crippen LogP contribution in [0.2, 0.25) is 0 Å². The normalized spacial score (nSPS) is 19.4. The minimum Gasteiger partial charge on any atom is -0.478 e. The average molecular weight is 291 g/mol. The van der Waals surface area contributed by atoms with Crippen LogP contribution in [0.15, 0.2) is 12.3 Å². The lowest BCUT2D eigenvalue weighted by molar-refractivity contribution is 0.0697. The highest BCUT2D eigenvalue weighted by atomic mass is 16.4. The number of carboxylic acids is 1. The third kappa shape index (κ3) is 4.17. The van der Waals surface area contributed by atoms with Crippen molar-refractivity contribution >= 4 is 11.8 Å². The van der Waals surface area contributed by atoms with Crippen LogP contribution in [0.3, 0.4) is 0 Å². The Bertz CT molecular complexity index is 490. The smallest absolute Gasteiger partial charge is 0.339 e. The zero-order valence-electron chi connectivity index (χ0n) is 12.9. The van der Waals surface area contributed by atoms with Crippen LogP contribution in [0.4, 0.5) is 5.82 Å². The van der Waals surface area contributed by atoms with Crippen molar-refractivity contribution in [2.75, 3.05) is 25.0 Å². The van der Waals surface area contributed by atoms with Gasteiger partial charge >= 0.3 is 5.97 Å². The summed E-state index contributed by atoms with van der Waals surface area (Å²) in [6, 6.07) is 2.40. The number of aromatic carboxylic acids is 1. The summed E-state index contributed by atoms with van der Waals surface area (Å²) in [4.78, 5) is 18.0. The van der Waals surface area contributed by atoms with E-state index in [1.54, 1.807) is 19.2 Å². The molecule has 5 heteroatoms. The summed E-state index contributed by atoms with van der Waals surface area (Å²) < 4.78 is 0. The maximum atomic E-state index is 11.3. The van der Waals surface area contributed by atoms with Crippen LogP contribution in [-0.2, 0) is 0 Å². The molecule has 0 saturated carbocycles. The third-order valence-electron chi connectivity index (χ3n) is 4.23. The number of anilines is 1. The van der Waals surface area contributed by atoms with E-state index in [4.69, 9.17) is 0 Å². The van der Waals surface area contributed by atoms with Crippen LogP contribution >= 0.6 is 0 Å². The second-order valence-electron chi connectivity index (χ2n) is 5.82. The first-order valence-electron chi connectivity index (χ1n) is 7.76. The molecule has 21 heavy (non-hydrogen) atoms. The predicted molar refractivity (Wildman–Crippen MR) is 83.9 cm³/mol. The fourth-order valence-electron chi connectivity index (χ4n) is 2.94. The van der Waals surface area contributed by atoms with E-state index in [0.29, 0.717) is 11.9 Å². The number of aryl methyl sites for hydroxylation is 1. The van der Waals surface area contributed by atoms with E-state index in [2.05, 4.69) is 22.1 Å². The summed E-state index contributed by atoms with van der Waals surface area (Å²) in [5.74, 6) is -0.443. The molecular weight excluding hydrogens is 266 g/mol. The van der Waals surface area contributed by atoms with Crippen molar-refractivity contribution in [2.24, 2.45) is 0 Å². The van der Waals surface area contributed by atoms with E-state index in [-0.39, 0.29) is 5.56 Å². The second-order valence-corrected chi connectivity index (χ2v) is 5.82. The maximum Gasteiger partial charge on any atom is 0.339 e. The van der Waals surface area contributed by atoms with E-state index >= 15 is 0 Å². The zero-order chi connectivity index (χ0) is 15.2. The van der Waals surface area contributed by atoms with Gasteiger partial charge in [-0.15, -0.1) is 0 Å². The van der Waals surface area contributed by atoms with E-state index in [0.717, 1.165) is 25.1 Å². The summed E-state index contributed by atoms with van der Waals surface area (Å²) in [5.41, 5.74) is 1.02. The first kappa shape index (κ1) is 15.8. The molecule has 2 N–H and O–H groups in total. The van der Waals surface area contributed by atoms with E-state index in [9.17, 15) is 9.90 Å². The molecule has 1 saturated heterocycles. The SMILES string of the molecule is Cc1ccnc(NCCCN2CCCCC2C)c1C(=O)O. The lowest BCUT2D eigenvalue weighted by Gasteiger charge is -2.33. The molecular formula is C16H25N3O2. The van der Waals surface area contributed by atoms with Gasteiger partial charge in [-0.3, -0.25) is 0 Å². The lowest BCUT2D eigenvalue weighted by Crippen LogP contribution is -2.38. The first-order valence-corrected chi connectivity index (χ1v) is 7.76. The topological polar surface area (TPSA) is 65.5 Å². The molecule has 0 radical (unpaired) electrons. The molecule has 5 nitrogen and oxygen atoms in total. The van der Waals surface area contributed by atoms with Crippen LogP contribution in [0, 0.1) is 6.92 Å².